The van der Waals surface area contributed by atoms with Gasteiger partial charge in [-0.2, -0.15) is 0 Å². The van der Waals surface area contributed by atoms with Gasteiger partial charge in [-0.3, -0.25) is 9.88 Å². The Morgan fingerprint density at radius 3 is 2.66 bits per heavy atom. The minimum absolute atomic E-state index is 0.145. The van der Waals surface area contributed by atoms with E-state index in [1.165, 1.54) is 11.1 Å². The highest BCUT2D eigenvalue weighted by molar-refractivity contribution is 6.32. The molecule has 0 fully saturated rings. The largest absolute Gasteiger partial charge is 0.393 e. The SMILES string of the molecule is CN(C(=O)N1CC=C(c2ncc([C@H](O)CO)cc2Cl)CC1)c1ccc(CF)cc1. The summed E-state index contributed by atoms with van der Waals surface area (Å²) >= 11 is 6.31. The molecule has 0 saturated carbocycles. The van der Waals surface area contributed by atoms with Gasteiger partial charge in [-0.1, -0.05) is 29.8 Å². The van der Waals surface area contributed by atoms with E-state index in [4.69, 9.17) is 16.7 Å². The van der Waals surface area contributed by atoms with Gasteiger partial charge in [0.1, 0.15) is 12.8 Å². The van der Waals surface area contributed by atoms with E-state index >= 15 is 0 Å². The number of amides is 2. The van der Waals surface area contributed by atoms with E-state index in [1.807, 2.05) is 6.08 Å². The number of carbonyl (C=O) groups excluding carboxylic acids is 1. The Kier molecular flexibility index (Phi) is 6.84. The number of rotatable bonds is 5. The second kappa shape index (κ2) is 9.35. The van der Waals surface area contributed by atoms with Crippen LogP contribution < -0.4 is 4.90 Å². The van der Waals surface area contributed by atoms with E-state index in [0.29, 0.717) is 47.0 Å². The van der Waals surface area contributed by atoms with Crippen LogP contribution in [0, 0.1) is 0 Å². The van der Waals surface area contributed by atoms with Gasteiger partial charge >= 0.3 is 6.03 Å². The number of carbonyl (C=O) groups is 1. The predicted molar refractivity (Wildman–Crippen MR) is 111 cm³/mol. The number of anilines is 1. The number of aliphatic hydroxyl groups is 2. The Morgan fingerprint density at radius 2 is 2.10 bits per heavy atom. The van der Waals surface area contributed by atoms with Crippen LogP contribution in [0.1, 0.15) is 29.3 Å². The lowest BCUT2D eigenvalue weighted by atomic mass is 10.0. The molecule has 3 rings (SSSR count). The minimum atomic E-state index is -1.02. The van der Waals surface area contributed by atoms with Crippen molar-refractivity contribution in [3.63, 3.8) is 0 Å². The van der Waals surface area contributed by atoms with Crippen LogP contribution in [0.3, 0.4) is 0 Å². The van der Waals surface area contributed by atoms with E-state index in [9.17, 15) is 14.3 Å². The Balaban J connectivity index is 1.69. The van der Waals surface area contributed by atoms with Gasteiger partial charge in [0.05, 0.1) is 17.3 Å². The van der Waals surface area contributed by atoms with Crippen LogP contribution in [-0.2, 0) is 6.67 Å². The molecule has 2 amide bonds. The van der Waals surface area contributed by atoms with E-state index in [2.05, 4.69) is 4.98 Å². The van der Waals surface area contributed by atoms with Gasteiger partial charge in [0.25, 0.3) is 0 Å². The van der Waals surface area contributed by atoms with Crippen molar-refractivity contribution in [2.45, 2.75) is 19.2 Å². The minimum Gasteiger partial charge on any atom is -0.393 e. The molecule has 2 heterocycles. The first-order valence-corrected chi connectivity index (χ1v) is 9.63. The van der Waals surface area contributed by atoms with Crippen LogP contribution in [0.5, 0.6) is 0 Å². The maximum Gasteiger partial charge on any atom is 0.324 e. The third-order valence-electron chi connectivity index (χ3n) is 4.97. The lowest BCUT2D eigenvalue weighted by Crippen LogP contribution is -2.43. The third kappa shape index (κ3) is 4.75. The van der Waals surface area contributed by atoms with Gasteiger partial charge in [-0.05, 0) is 35.8 Å². The molecule has 1 aliphatic rings. The van der Waals surface area contributed by atoms with E-state index in [0.717, 1.165) is 5.57 Å². The number of nitrogens with zero attached hydrogens (tertiary/aromatic N) is 3. The molecule has 8 heteroatoms. The molecular weight excluding hydrogens is 397 g/mol. The molecule has 1 atom stereocenters. The zero-order chi connectivity index (χ0) is 21.0. The Hall–Kier alpha value is -2.48. The quantitative estimate of drug-likeness (QED) is 0.776. The van der Waals surface area contributed by atoms with Crippen molar-refractivity contribution < 1.29 is 19.4 Å². The number of hydrogen-bond donors (Lipinski definition) is 2. The maximum absolute atomic E-state index is 12.8. The Bertz CT molecular complexity index is 905. The van der Waals surface area contributed by atoms with Crippen molar-refractivity contribution in [1.29, 1.82) is 0 Å². The van der Waals surface area contributed by atoms with E-state index < -0.39 is 19.4 Å². The molecule has 1 aliphatic heterocycles. The summed E-state index contributed by atoms with van der Waals surface area (Å²) in [5, 5.41) is 19.1. The number of benzene rings is 1. The number of alkyl halides is 1. The summed E-state index contributed by atoms with van der Waals surface area (Å²) in [5.74, 6) is 0. The van der Waals surface area contributed by atoms with E-state index in [-0.39, 0.29) is 6.03 Å². The molecule has 0 radical (unpaired) electrons. The van der Waals surface area contributed by atoms with Crippen molar-refractivity contribution in [3.05, 3.63) is 64.4 Å². The number of urea groups is 1. The number of pyridine rings is 1. The molecule has 1 aromatic heterocycles. The van der Waals surface area contributed by atoms with Gasteiger partial charge in [-0.15, -0.1) is 0 Å². The van der Waals surface area contributed by atoms with Crippen molar-refractivity contribution >= 4 is 28.9 Å². The highest BCUT2D eigenvalue weighted by Gasteiger charge is 2.23. The average Bonchev–Trinajstić information content (AvgIpc) is 2.77. The normalized spacial score (nSPS) is 15.1. The number of halogens is 2. The van der Waals surface area contributed by atoms with Crippen molar-refractivity contribution in [1.82, 2.24) is 9.88 Å². The standard InChI is InChI=1S/C21H23ClFN3O3/c1-25(17-4-2-14(11-23)3-5-17)21(29)26-8-6-15(7-9-26)20-18(22)10-16(12-24-20)19(28)13-27/h2-6,10,12,19,27-28H,7-9,11,13H2,1H3/t19-/m1/s1. The first kappa shape index (κ1) is 21.2. The molecule has 0 unspecified atom stereocenters. The average molecular weight is 420 g/mol. The lowest BCUT2D eigenvalue weighted by molar-refractivity contribution is 0.0953. The van der Waals surface area contributed by atoms with Gasteiger partial charge in [-0.25, -0.2) is 9.18 Å². The summed E-state index contributed by atoms with van der Waals surface area (Å²) in [6.45, 7) is -0.00793. The van der Waals surface area contributed by atoms with Crippen LogP contribution in [0.15, 0.2) is 42.6 Å². The predicted octanol–water partition coefficient (Wildman–Crippen LogP) is 3.58. The fourth-order valence-electron chi connectivity index (χ4n) is 3.17. The Labute approximate surface area is 173 Å². The molecule has 2 N–H and O–H groups in total. The van der Waals surface area contributed by atoms with Crippen LogP contribution in [0.25, 0.3) is 5.57 Å². The summed E-state index contributed by atoms with van der Waals surface area (Å²) in [5.41, 5.74) is 3.27. The summed E-state index contributed by atoms with van der Waals surface area (Å²) in [6.07, 6.45) is 2.99. The van der Waals surface area contributed by atoms with Gasteiger partial charge in [0.2, 0.25) is 0 Å². The van der Waals surface area contributed by atoms with Crippen LogP contribution in [-0.4, -0.2) is 52.9 Å². The van der Waals surface area contributed by atoms with Gasteiger partial charge in [0, 0.05) is 37.6 Å². The summed E-state index contributed by atoms with van der Waals surface area (Å²) < 4.78 is 12.7. The van der Waals surface area contributed by atoms with Gasteiger partial charge in [0.15, 0.2) is 0 Å². The second-order valence-electron chi connectivity index (χ2n) is 6.86. The van der Waals surface area contributed by atoms with Crippen LogP contribution in [0.4, 0.5) is 14.9 Å². The lowest BCUT2D eigenvalue weighted by Gasteiger charge is -2.30. The molecule has 2 aromatic rings. The summed E-state index contributed by atoms with van der Waals surface area (Å²) in [6, 6.07) is 8.23. The summed E-state index contributed by atoms with van der Waals surface area (Å²) in [7, 11) is 1.69. The molecule has 0 bridgehead atoms. The first-order valence-electron chi connectivity index (χ1n) is 9.26. The number of aliphatic hydroxyl groups excluding tert-OH is 2. The second-order valence-corrected chi connectivity index (χ2v) is 7.27. The number of hydrogen-bond acceptors (Lipinski definition) is 4. The zero-order valence-corrected chi connectivity index (χ0v) is 16.8. The smallest absolute Gasteiger partial charge is 0.324 e. The molecule has 0 aliphatic carbocycles. The Morgan fingerprint density at radius 1 is 1.38 bits per heavy atom. The monoisotopic (exact) mass is 419 g/mol. The molecule has 0 spiro atoms. The first-order chi connectivity index (χ1) is 13.9. The third-order valence-corrected chi connectivity index (χ3v) is 5.26. The maximum atomic E-state index is 12.8. The number of aromatic nitrogens is 1. The van der Waals surface area contributed by atoms with Crippen molar-refractivity contribution in [3.8, 4) is 0 Å². The fourth-order valence-corrected chi connectivity index (χ4v) is 3.46. The molecule has 0 saturated heterocycles. The fraction of sp³-hybridized carbons (Fsp3) is 0.333. The van der Waals surface area contributed by atoms with Crippen molar-refractivity contribution in [2.24, 2.45) is 0 Å². The molecule has 29 heavy (non-hydrogen) atoms. The van der Waals surface area contributed by atoms with Crippen molar-refractivity contribution in [2.75, 3.05) is 31.6 Å². The van der Waals surface area contributed by atoms with Crippen LogP contribution >= 0.6 is 11.6 Å². The highest BCUT2D eigenvalue weighted by Crippen LogP contribution is 2.29. The van der Waals surface area contributed by atoms with Gasteiger partial charge < -0.3 is 15.1 Å². The van der Waals surface area contributed by atoms with E-state index in [1.54, 1.807) is 42.3 Å². The zero-order valence-electron chi connectivity index (χ0n) is 16.1. The van der Waals surface area contributed by atoms with Crippen LogP contribution in [0.2, 0.25) is 5.02 Å². The molecule has 1 aromatic carbocycles. The molecule has 154 valence electrons. The highest BCUT2D eigenvalue weighted by atomic mass is 35.5. The molecule has 6 nitrogen and oxygen atoms in total. The summed E-state index contributed by atoms with van der Waals surface area (Å²) in [4.78, 5) is 20.3. The topological polar surface area (TPSA) is 76.9 Å². The molecular formula is C21H23ClFN3O3.